The van der Waals surface area contributed by atoms with E-state index in [9.17, 15) is 13.2 Å². The van der Waals surface area contributed by atoms with E-state index < -0.39 is 24.5 Å². The molecule has 1 aromatic carbocycles. The van der Waals surface area contributed by atoms with Gasteiger partial charge in [-0.25, -0.2) is 0 Å². The van der Waals surface area contributed by atoms with E-state index >= 15 is 0 Å². The lowest BCUT2D eigenvalue weighted by Gasteiger charge is -2.64. The molecule has 0 aromatic heterocycles. The Hall–Kier alpha value is -1.01. The highest BCUT2D eigenvalue weighted by Gasteiger charge is 2.68. The van der Waals surface area contributed by atoms with Gasteiger partial charge in [-0.1, -0.05) is 38.1 Å². The van der Waals surface area contributed by atoms with Gasteiger partial charge in [-0.3, -0.25) is 0 Å². The quantitative estimate of drug-likeness (QED) is 0.735. The molecular weight excluding hydrogens is 304 g/mol. The van der Waals surface area contributed by atoms with Gasteiger partial charge in [0.25, 0.3) is 0 Å². The molecule has 4 atom stereocenters. The molecule has 6 heteroatoms. The Morgan fingerprint density at radius 3 is 2.48 bits per heavy atom. The normalized spacial score (nSPS) is 38.2. The number of benzene rings is 1. The number of rotatable bonds is 1. The summed E-state index contributed by atoms with van der Waals surface area (Å²) in [6, 6.07) is 5.56. The summed E-state index contributed by atoms with van der Waals surface area (Å²) in [6.45, 7) is 6.47. The molecule has 2 bridgehead atoms. The van der Waals surface area contributed by atoms with Crippen LogP contribution in [0.3, 0.4) is 0 Å². The smallest absolute Gasteiger partial charge is 0.401 e. The van der Waals surface area contributed by atoms with Gasteiger partial charge in [-0.15, -0.1) is 0 Å². The first kappa shape index (κ1) is 15.5. The van der Waals surface area contributed by atoms with Crippen molar-refractivity contribution in [2.24, 2.45) is 17.3 Å². The van der Waals surface area contributed by atoms with Gasteiger partial charge in [0.05, 0.1) is 17.3 Å². The van der Waals surface area contributed by atoms with Gasteiger partial charge in [0.1, 0.15) is 0 Å². The molecule has 1 aliphatic heterocycles. The van der Waals surface area contributed by atoms with Crippen LogP contribution < -0.4 is 5.46 Å². The molecule has 1 aromatic rings. The molecule has 5 rings (SSSR count). The van der Waals surface area contributed by atoms with Crippen LogP contribution in [0.2, 0.25) is 0 Å². The van der Waals surface area contributed by atoms with Crippen LogP contribution in [0.25, 0.3) is 0 Å². The highest BCUT2D eigenvalue weighted by atomic mass is 19.4. The van der Waals surface area contributed by atoms with Crippen LogP contribution in [0.4, 0.5) is 13.2 Å². The highest BCUT2D eigenvalue weighted by molar-refractivity contribution is 6.62. The van der Waals surface area contributed by atoms with Gasteiger partial charge < -0.3 is 9.31 Å². The predicted octanol–water partition coefficient (Wildman–Crippen LogP) is 3.64. The first-order valence-corrected chi connectivity index (χ1v) is 8.13. The molecule has 4 fully saturated rings. The van der Waals surface area contributed by atoms with E-state index in [0.29, 0.717) is 11.8 Å². The molecule has 23 heavy (non-hydrogen) atoms. The second-order valence-corrected chi connectivity index (χ2v) is 7.89. The number of alkyl halides is 3. The molecule has 0 spiro atoms. The van der Waals surface area contributed by atoms with E-state index in [0.717, 1.165) is 18.9 Å². The minimum Gasteiger partial charge on any atom is -0.401 e. The van der Waals surface area contributed by atoms with Gasteiger partial charge in [-0.2, -0.15) is 13.2 Å². The molecule has 0 amide bonds. The van der Waals surface area contributed by atoms with Gasteiger partial charge in [0, 0.05) is 0 Å². The summed E-state index contributed by atoms with van der Waals surface area (Å²) in [5.41, 5.74) is -0.904. The zero-order valence-electron chi connectivity index (χ0n) is 13.5. The third kappa shape index (κ3) is 2.04. The summed E-state index contributed by atoms with van der Waals surface area (Å²) in [7, 11) is -0.932. The summed E-state index contributed by atoms with van der Waals surface area (Å²) in [6.07, 6.45) is -2.58. The minimum absolute atomic E-state index is 0.0885. The van der Waals surface area contributed by atoms with Crippen molar-refractivity contribution in [1.82, 2.24) is 0 Å². The van der Waals surface area contributed by atoms with Crippen molar-refractivity contribution in [3.05, 3.63) is 29.8 Å². The summed E-state index contributed by atoms with van der Waals surface area (Å²) in [5.74, 6) is 0.910. The van der Waals surface area contributed by atoms with E-state index in [1.54, 1.807) is 6.07 Å². The van der Waals surface area contributed by atoms with Crippen LogP contribution in [0.5, 0.6) is 0 Å². The third-order valence-corrected chi connectivity index (χ3v) is 6.47. The van der Waals surface area contributed by atoms with E-state index in [1.165, 1.54) is 12.1 Å². The molecular formula is C17H20BF3O2. The molecule has 1 saturated heterocycles. The topological polar surface area (TPSA) is 18.5 Å². The molecule has 0 N–H and O–H groups in total. The van der Waals surface area contributed by atoms with E-state index in [-0.39, 0.29) is 17.0 Å². The van der Waals surface area contributed by atoms with Gasteiger partial charge in [0.15, 0.2) is 0 Å². The fourth-order valence-electron chi connectivity index (χ4n) is 4.96. The number of hydrogen-bond acceptors (Lipinski definition) is 2. The molecule has 0 radical (unpaired) electrons. The molecule has 0 unspecified atom stereocenters. The maximum Gasteiger partial charge on any atom is 0.495 e. The lowest BCUT2D eigenvalue weighted by molar-refractivity contribution is -0.199. The fourth-order valence-corrected chi connectivity index (χ4v) is 4.96. The summed E-state index contributed by atoms with van der Waals surface area (Å²) in [5, 5.41) is 0. The van der Waals surface area contributed by atoms with Gasteiger partial charge in [0.2, 0.25) is 0 Å². The van der Waals surface area contributed by atoms with Crippen LogP contribution in [0.15, 0.2) is 24.3 Å². The SMILES string of the molecule is CC1(C)[C@@H]2C[C@H]3OB(c4ccccc4C(F)(F)F)O[C@@]3(C)[C@H]1C2. The Bertz CT molecular complexity index is 645. The van der Waals surface area contributed by atoms with Crippen molar-refractivity contribution in [2.75, 3.05) is 0 Å². The second kappa shape index (κ2) is 4.54. The van der Waals surface area contributed by atoms with Crippen LogP contribution in [0, 0.1) is 17.3 Å². The van der Waals surface area contributed by atoms with E-state index in [4.69, 9.17) is 9.31 Å². The van der Waals surface area contributed by atoms with Crippen LogP contribution in [0.1, 0.15) is 39.2 Å². The highest BCUT2D eigenvalue weighted by Crippen LogP contribution is 2.65. The maximum absolute atomic E-state index is 13.3. The van der Waals surface area contributed by atoms with Gasteiger partial charge >= 0.3 is 13.3 Å². The average Bonchev–Trinajstić information content (AvgIpc) is 2.83. The Labute approximate surface area is 134 Å². The van der Waals surface area contributed by atoms with Crippen molar-refractivity contribution in [3.63, 3.8) is 0 Å². The largest absolute Gasteiger partial charge is 0.495 e. The zero-order valence-corrected chi connectivity index (χ0v) is 13.5. The number of halogens is 3. The number of hydrogen-bond donors (Lipinski definition) is 0. The molecule has 1 heterocycles. The lowest BCUT2D eigenvalue weighted by Crippen LogP contribution is -2.65. The molecule has 3 aliphatic carbocycles. The molecule has 3 saturated carbocycles. The predicted molar refractivity (Wildman–Crippen MR) is 81.2 cm³/mol. The van der Waals surface area contributed by atoms with Crippen molar-refractivity contribution >= 4 is 12.6 Å². The first-order chi connectivity index (χ1) is 10.6. The van der Waals surface area contributed by atoms with Crippen LogP contribution >= 0.6 is 0 Å². The summed E-state index contributed by atoms with van der Waals surface area (Å²) in [4.78, 5) is 0. The van der Waals surface area contributed by atoms with Gasteiger partial charge in [-0.05, 0) is 42.5 Å². The third-order valence-electron chi connectivity index (χ3n) is 6.47. The Morgan fingerprint density at radius 1 is 1.13 bits per heavy atom. The fraction of sp³-hybridized carbons (Fsp3) is 0.647. The van der Waals surface area contributed by atoms with Crippen LogP contribution in [-0.4, -0.2) is 18.8 Å². The zero-order chi connectivity index (χ0) is 16.6. The van der Waals surface area contributed by atoms with Crippen molar-refractivity contribution in [1.29, 1.82) is 0 Å². The minimum atomic E-state index is -4.40. The summed E-state index contributed by atoms with van der Waals surface area (Å²) < 4.78 is 51.9. The molecule has 124 valence electrons. The average molecular weight is 324 g/mol. The lowest BCUT2D eigenvalue weighted by atomic mass is 9.43. The van der Waals surface area contributed by atoms with E-state index in [2.05, 4.69) is 13.8 Å². The molecule has 4 aliphatic rings. The second-order valence-electron chi connectivity index (χ2n) is 7.89. The van der Waals surface area contributed by atoms with Crippen LogP contribution in [-0.2, 0) is 15.5 Å². The van der Waals surface area contributed by atoms with Crippen molar-refractivity contribution in [2.45, 2.75) is 51.5 Å². The van der Waals surface area contributed by atoms with E-state index in [1.807, 2.05) is 6.92 Å². The maximum atomic E-state index is 13.3. The standard InChI is InChI=1S/C17H20BF3O2/c1-15(2)10-8-13(15)16(3)14(9-10)22-18(23-16)12-7-5-4-6-11(12)17(19,20)21/h4-7,10,13-14H,8-9H2,1-3H3/t10-,13-,14+,16-/m0/s1. The summed E-state index contributed by atoms with van der Waals surface area (Å²) >= 11 is 0. The Morgan fingerprint density at radius 2 is 1.83 bits per heavy atom. The Balaban J connectivity index is 1.68. The van der Waals surface area contributed by atoms with Crippen molar-refractivity contribution in [3.8, 4) is 0 Å². The Kier molecular flexibility index (Phi) is 3.06. The first-order valence-electron chi connectivity index (χ1n) is 8.13. The van der Waals surface area contributed by atoms with Crippen molar-refractivity contribution < 1.29 is 22.5 Å². The molecule has 2 nitrogen and oxygen atoms in total. The monoisotopic (exact) mass is 324 g/mol.